The van der Waals surface area contributed by atoms with E-state index in [1.165, 1.54) is 17.1 Å². The lowest BCUT2D eigenvalue weighted by Gasteiger charge is -2.27. The van der Waals surface area contributed by atoms with Crippen LogP contribution < -0.4 is 10.8 Å². The minimum atomic E-state index is -0.585. The lowest BCUT2D eigenvalue weighted by Crippen LogP contribution is -2.42. The second-order valence-corrected chi connectivity index (χ2v) is 6.90. The first-order chi connectivity index (χ1) is 14.1. The summed E-state index contributed by atoms with van der Waals surface area (Å²) in [6.45, 7) is 5.05. The van der Waals surface area contributed by atoms with Crippen molar-refractivity contribution >= 4 is 23.8 Å². The zero-order valence-electron chi connectivity index (χ0n) is 16.2. The third-order valence-corrected chi connectivity index (χ3v) is 4.76. The Morgan fingerprint density at radius 1 is 0.931 bits per heavy atom. The van der Waals surface area contributed by atoms with Gasteiger partial charge in [-0.15, -0.1) is 0 Å². The maximum absolute atomic E-state index is 12.4. The Bertz CT molecular complexity index is 881. The number of rotatable bonds is 7. The number of hydroxylamine groups is 1. The minimum absolute atomic E-state index is 0.0395. The van der Waals surface area contributed by atoms with Gasteiger partial charge in [-0.25, -0.2) is 5.48 Å². The molecule has 3 rings (SSSR count). The molecule has 1 amide bonds. The fraction of sp³-hybridized carbons (Fsp3) is 0.217. The number of ketones is 1. The summed E-state index contributed by atoms with van der Waals surface area (Å²) >= 11 is 0. The largest absolute Gasteiger partial charge is 0.314 e. The number of nitrogens with zero attached hydrogens (tertiary/aromatic N) is 1. The van der Waals surface area contributed by atoms with Crippen LogP contribution in [0.3, 0.4) is 0 Å². The number of carbonyl (C=O) groups excluding carboxylic acids is 2. The zero-order chi connectivity index (χ0) is 20.5. The highest BCUT2D eigenvalue weighted by Gasteiger charge is 2.10. The van der Waals surface area contributed by atoms with Crippen molar-refractivity contribution in [2.45, 2.75) is 6.54 Å². The lowest BCUT2D eigenvalue weighted by molar-refractivity contribution is -0.124. The number of allylic oxidation sites excluding steroid dienone is 1. The van der Waals surface area contributed by atoms with E-state index in [0.29, 0.717) is 5.56 Å². The third kappa shape index (κ3) is 6.50. The molecule has 0 aromatic heterocycles. The van der Waals surface area contributed by atoms with E-state index in [2.05, 4.69) is 10.2 Å². The van der Waals surface area contributed by atoms with Crippen molar-refractivity contribution in [3.05, 3.63) is 82.9 Å². The molecule has 29 heavy (non-hydrogen) atoms. The number of hydrogen-bond acceptors (Lipinski definition) is 5. The number of piperazine rings is 1. The van der Waals surface area contributed by atoms with Crippen LogP contribution in [0.2, 0.25) is 0 Å². The van der Waals surface area contributed by atoms with E-state index in [1.807, 2.05) is 48.5 Å². The van der Waals surface area contributed by atoms with E-state index in [0.717, 1.165) is 43.9 Å². The summed E-state index contributed by atoms with van der Waals surface area (Å²) < 4.78 is 0. The fourth-order valence-corrected chi connectivity index (χ4v) is 3.10. The van der Waals surface area contributed by atoms with Crippen LogP contribution in [0, 0.1) is 0 Å². The second-order valence-electron chi connectivity index (χ2n) is 6.90. The second kappa shape index (κ2) is 10.5. The molecule has 0 unspecified atom stereocenters. The van der Waals surface area contributed by atoms with E-state index >= 15 is 0 Å². The van der Waals surface area contributed by atoms with Gasteiger partial charge in [0.25, 0.3) is 5.91 Å². The summed E-state index contributed by atoms with van der Waals surface area (Å²) in [5, 5.41) is 11.8. The highest BCUT2D eigenvalue weighted by atomic mass is 16.5. The van der Waals surface area contributed by atoms with Gasteiger partial charge in [0, 0.05) is 44.4 Å². The van der Waals surface area contributed by atoms with Gasteiger partial charge in [0.2, 0.25) is 0 Å². The third-order valence-electron chi connectivity index (χ3n) is 4.76. The molecule has 2 aromatic rings. The Morgan fingerprint density at radius 2 is 1.52 bits per heavy atom. The molecule has 2 aromatic carbocycles. The summed E-state index contributed by atoms with van der Waals surface area (Å²) in [4.78, 5) is 25.8. The molecule has 0 bridgehead atoms. The van der Waals surface area contributed by atoms with Gasteiger partial charge in [-0.2, -0.15) is 0 Å². The lowest BCUT2D eigenvalue weighted by atomic mass is 10.1. The first-order valence-corrected chi connectivity index (χ1v) is 9.61. The maximum atomic E-state index is 12.4. The Balaban J connectivity index is 1.55. The average Bonchev–Trinajstić information content (AvgIpc) is 2.77. The smallest absolute Gasteiger partial charge is 0.267 e. The molecular formula is C23H25N3O3. The van der Waals surface area contributed by atoms with Gasteiger partial charge in [0.1, 0.15) is 0 Å². The quantitative estimate of drug-likeness (QED) is 0.292. The molecule has 0 spiro atoms. The molecule has 6 heteroatoms. The fourth-order valence-electron chi connectivity index (χ4n) is 3.10. The molecule has 1 heterocycles. The maximum Gasteiger partial charge on any atom is 0.267 e. The van der Waals surface area contributed by atoms with E-state index in [4.69, 9.17) is 5.21 Å². The van der Waals surface area contributed by atoms with Crippen LogP contribution in [0.1, 0.15) is 27.0 Å². The molecule has 6 nitrogen and oxygen atoms in total. The summed E-state index contributed by atoms with van der Waals surface area (Å²) in [7, 11) is 0. The van der Waals surface area contributed by atoms with Gasteiger partial charge in [-0.1, -0.05) is 54.6 Å². The van der Waals surface area contributed by atoms with Crippen molar-refractivity contribution in [2.75, 3.05) is 26.2 Å². The monoisotopic (exact) mass is 391 g/mol. The number of benzene rings is 2. The summed E-state index contributed by atoms with van der Waals surface area (Å²) in [6, 6.07) is 15.2. The van der Waals surface area contributed by atoms with Gasteiger partial charge in [0.15, 0.2) is 5.78 Å². The van der Waals surface area contributed by atoms with Crippen molar-refractivity contribution in [2.24, 2.45) is 0 Å². The molecule has 0 radical (unpaired) electrons. The predicted octanol–water partition coefficient (Wildman–Crippen LogP) is 2.51. The first-order valence-electron chi connectivity index (χ1n) is 9.61. The normalized spacial score (nSPS) is 15.1. The molecule has 1 fully saturated rings. The van der Waals surface area contributed by atoms with Crippen LogP contribution in [-0.4, -0.2) is 48.0 Å². The molecule has 3 N–H and O–H groups in total. The van der Waals surface area contributed by atoms with E-state index in [9.17, 15) is 9.59 Å². The Morgan fingerprint density at radius 3 is 2.10 bits per heavy atom. The molecular weight excluding hydrogens is 366 g/mol. The highest BCUT2D eigenvalue weighted by Crippen LogP contribution is 2.12. The van der Waals surface area contributed by atoms with Crippen LogP contribution in [0.25, 0.3) is 12.2 Å². The predicted molar refractivity (Wildman–Crippen MR) is 113 cm³/mol. The van der Waals surface area contributed by atoms with Crippen molar-refractivity contribution < 1.29 is 14.8 Å². The Kier molecular flexibility index (Phi) is 7.47. The molecule has 150 valence electrons. The van der Waals surface area contributed by atoms with Gasteiger partial charge in [0.05, 0.1) is 0 Å². The van der Waals surface area contributed by atoms with E-state index < -0.39 is 5.91 Å². The highest BCUT2D eigenvalue weighted by molar-refractivity contribution is 6.06. The van der Waals surface area contributed by atoms with Gasteiger partial charge in [-0.05, 0) is 28.8 Å². The SMILES string of the molecule is O=C(C=Cc1ccc(C=CC(=O)c2ccc(CN3CCNCC3)cc2)cc1)NO. The average molecular weight is 391 g/mol. The molecule has 0 aliphatic carbocycles. The summed E-state index contributed by atoms with van der Waals surface area (Å²) in [6.07, 6.45) is 6.16. The number of carbonyl (C=O) groups is 2. The number of hydrogen-bond donors (Lipinski definition) is 3. The van der Waals surface area contributed by atoms with Crippen LogP contribution in [0.4, 0.5) is 0 Å². The molecule has 0 saturated carbocycles. The van der Waals surface area contributed by atoms with Crippen molar-refractivity contribution in [3.8, 4) is 0 Å². The van der Waals surface area contributed by atoms with Crippen LogP contribution in [0.15, 0.2) is 60.7 Å². The summed E-state index contributed by atoms with van der Waals surface area (Å²) in [5.74, 6) is -0.624. The molecule has 1 aliphatic heterocycles. The molecule has 1 aliphatic rings. The Hall–Kier alpha value is -3.06. The van der Waals surface area contributed by atoms with Crippen LogP contribution in [0.5, 0.6) is 0 Å². The zero-order valence-corrected chi connectivity index (χ0v) is 16.2. The number of amides is 1. The number of nitrogens with one attached hydrogen (secondary N) is 2. The standard InChI is InChI=1S/C23H25N3O3/c27-22(11-7-18-1-3-19(4-2-18)8-12-23(28)25-29)21-9-5-20(6-10-21)17-26-15-13-24-14-16-26/h1-12,24,29H,13-17H2,(H,25,28). The van der Waals surface area contributed by atoms with Crippen molar-refractivity contribution in [1.29, 1.82) is 0 Å². The van der Waals surface area contributed by atoms with Gasteiger partial charge >= 0.3 is 0 Å². The van der Waals surface area contributed by atoms with Crippen molar-refractivity contribution in [1.82, 2.24) is 15.7 Å². The Labute approximate surface area is 170 Å². The molecule has 0 atom stereocenters. The van der Waals surface area contributed by atoms with E-state index in [1.54, 1.807) is 18.2 Å². The van der Waals surface area contributed by atoms with Gasteiger partial charge < -0.3 is 5.32 Å². The van der Waals surface area contributed by atoms with Crippen molar-refractivity contribution in [3.63, 3.8) is 0 Å². The van der Waals surface area contributed by atoms with Crippen LogP contribution in [-0.2, 0) is 11.3 Å². The first kappa shape index (κ1) is 20.7. The van der Waals surface area contributed by atoms with Gasteiger partial charge in [-0.3, -0.25) is 19.7 Å². The van der Waals surface area contributed by atoms with Crippen LogP contribution >= 0.6 is 0 Å². The minimum Gasteiger partial charge on any atom is -0.314 e. The molecule has 1 saturated heterocycles. The topological polar surface area (TPSA) is 81.7 Å². The summed E-state index contributed by atoms with van der Waals surface area (Å²) in [5.41, 5.74) is 5.12. The van der Waals surface area contributed by atoms with E-state index in [-0.39, 0.29) is 5.78 Å².